The lowest BCUT2D eigenvalue weighted by molar-refractivity contribution is -0.154. The standard InChI is InChI=1S/C55H74N4O12S/c1-8-36-29-55(36,52(66)57-72(67,68)54(7)21-22-54)30-45(62)42-27-37-31-59(42)51(65)40(53(4,5)6)28-48(64)71-47-26-35(47)15-10-9-11-17-39-49(38-16-12-13-18-41(38)56-50(39)70-37)69-24-14-23-58(33(2)3)32-46(63)34-19-20-43(60)44(61)25-34/h8,12-13,16,18-20,25,33,35-37,40,42,46-47,60-61,63H,1,9-11,14-15,17,21-24,26-32H2,2-7H3,(H,57,66)/t35-,36-,37-,40-,42+,46?,47-,55-/m1/s1. The van der Waals surface area contributed by atoms with Gasteiger partial charge >= 0.3 is 5.97 Å². The highest BCUT2D eigenvalue weighted by Crippen LogP contribution is 2.57. The largest absolute Gasteiger partial charge is 0.504 e. The predicted molar refractivity (Wildman–Crippen MR) is 271 cm³/mol. The number of phenolic OH excluding ortho intramolecular Hbond substituents is 2. The van der Waals surface area contributed by atoms with E-state index in [4.69, 9.17) is 19.2 Å². The number of ether oxygens (including phenoxy) is 3. The molecule has 0 radical (unpaired) electrons. The zero-order valence-electron chi connectivity index (χ0n) is 42.7. The first-order valence-corrected chi connectivity index (χ1v) is 27.4. The minimum Gasteiger partial charge on any atom is -0.504 e. The average Bonchev–Trinajstić information content (AvgIpc) is 4.29. The number of phenols is 2. The topological polar surface area (TPSA) is 222 Å². The molecular weight excluding hydrogens is 941 g/mol. The SMILES string of the molecule is C=C[C@@H]1C[C@]1(CC(=O)[C@@H]1C[C@@H]2CN1C(=O)[C@H](C(C)(C)C)CC(=O)O[C@@H]1C[C@H]1CCCCCc1c(nc3ccccc3c1OCCCN(CC(O)c1ccc(O)c(O)c1)C(C)C)O2)C(=O)NS(=O)(=O)C1(C)CC1. The average molecular weight is 1020 g/mol. The van der Waals surface area contributed by atoms with Gasteiger partial charge in [-0.15, -0.1) is 6.58 Å². The summed E-state index contributed by atoms with van der Waals surface area (Å²) in [5, 5.41) is 31.8. The van der Waals surface area contributed by atoms with E-state index in [9.17, 15) is 38.1 Å². The summed E-state index contributed by atoms with van der Waals surface area (Å²) in [7, 11) is -4.00. The summed E-state index contributed by atoms with van der Waals surface area (Å²) in [6.07, 6.45) is 5.80. The smallest absolute Gasteiger partial charge is 0.306 e. The zero-order chi connectivity index (χ0) is 51.9. The lowest BCUT2D eigenvalue weighted by Crippen LogP contribution is -2.49. The zero-order valence-corrected chi connectivity index (χ0v) is 43.5. The molecule has 1 saturated heterocycles. The number of nitrogens with zero attached hydrogens (tertiary/aromatic N) is 3. The number of carbonyl (C=O) groups excluding carboxylic acids is 4. The number of Topliss-reactive ketones (excluding diaryl/α,β-unsaturated/α-hetero) is 1. The number of carbonyl (C=O) groups is 4. The molecule has 4 fully saturated rings. The van der Waals surface area contributed by atoms with Gasteiger partial charge in [0.15, 0.2) is 17.3 Å². The molecule has 392 valence electrons. The van der Waals surface area contributed by atoms with Crippen molar-refractivity contribution in [2.45, 2.75) is 160 Å². The molecule has 2 aliphatic heterocycles. The first-order chi connectivity index (χ1) is 34.0. The molecule has 3 aliphatic carbocycles. The Bertz CT molecular complexity index is 2660. The number of hydrogen-bond acceptors (Lipinski definition) is 14. The molecule has 2 bridgehead atoms. The van der Waals surface area contributed by atoms with Gasteiger partial charge in [0.05, 0.1) is 58.9 Å². The number of fused-ring (bicyclic) bond motifs is 5. The fourth-order valence-electron chi connectivity index (χ4n) is 10.7. The number of rotatable bonds is 16. The van der Waals surface area contributed by atoms with E-state index in [0.717, 1.165) is 43.1 Å². The van der Waals surface area contributed by atoms with Gasteiger partial charge in [0.2, 0.25) is 27.7 Å². The van der Waals surface area contributed by atoms with Gasteiger partial charge in [0, 0.05) is 37.4 Å². The third-order valence-electron chi connectivity index (χ3n) is 16.0. The second-order valence-corrected chi connectivity index (χ2v) is 25.0. The van der Waals surface area contributed by atoms with Crippen LogP contribution in [0.4, 0.5) is 0 Å². The molecule has 4 N–H and O–H groups in total. The van der Waals surface area contributed by atoms with Gasteiger partial charge in [0.1, 0.15) is 18.0 Å². The highest BCUT2D eigenvalue weighted by atomic mass is 32.2. The molecule has 8 atom stereocenters. The number of aromatic nitrogens is 1. The Labute approximate surface area is 423 Å². The summed E-state index contributed by atoms with van der Waals surface area (Å²) in [6.45, 7) is 16.4. The van der Waals surface area contributed by atoms with Crippen LogP contribution in [0.1, 0.15) is 136 Å². The molecule has 1 unspecified atom stereocenters. The summed E-state index contributed by atoms with van der Waals surface area (Å²) in [4.78, 5) is 66.2. The van der Waals surface area contributed by atoms with Crippen LogP contribution in [0.15, 0.2) is 55.1 Å². The van der Waals surface area contributed by atoms with Crippen LogP contribution >= 0.6 is 0 Å². The second kappa shape index (κ2) is 20.9. The number of benzene rings is 2. The van der Waals surface area contributed by atoms with Crippen molar-refractivity contribution in [3.63, 3.8) is 0 Å². The van der Waals surface area contributed by atoms with E-state index in [2.05, 4.69) is 16.2 Å². The molecule has 1 aromatic heterocycles. The number of esters is 1. The van der Waals surface area contributed by atoms with E-state index in [-0.39, 0.29) is 61.8 Å². The molecule has 3 heterocycles. The van der Waals surface area contributed by atoms with Crippen molar-refractivity contribution < 1.29 is 57.1 Å². The van der Waals surface area contributed by atoms with Crippen molar-refractivity contribution in [2.24, 2.45) is 28.6 Å². The van der Waals surface area contributed by atoms with Crippen molar-refractivity contribution in [3.05, 3.63) is 66.2 Å². The molecule has 2 amide bonds. The van der Waals surface area contributed by atoms with Crippen molar-refractivity contribution in [1.82, 2.24) is 19.5 Å². The first kappa shape index (κ1) is 53.0. The normalized spacial score (nSPS) is 26.9. The van der Waals surface area contributed by atoms with Gasteiger partial charge in [-0.05, 0) is 119 Å². The maximum Gasteiger partial charge on any atom is 0.306 e. The molecule has 8 rings (SSSR count). The van der Waals surface area contributed by atoms with Crippen LogP contribution in [0.2, 0.25) is 0 Å². The summed E-state index contributed by atoms with van der Waals surface area (Å²) < 4.78 is 47.5. The first-order valence-electron chi connectivity index (χ1n) is 25.9. The van der Waals surface area contributed by atoms with Gasteiger partial charge in [-0.25, -0.2) is 13.4 Å². The Morgan fingerprint density at radius 2 is 1.81 bits per heavy atom. The summed E-state index contributed by atoms with van der Waals surface area (Å²) in [5.41, 5.74) is -0.179. The molecule has 0 spiro atoms. The van der Waals surface area contributed by atoms with E-state index >= 15 is 4.79 Å². The number of amides is 2. The molecule has 3 aromatic rings. The van der Waals surface area contributed by atoms with Crippen LogP contribution in [0.3, 0.4) is 0 Å². The fraction of sp³-hybridized carbons (Fsp3) is 0.618. The predicted octanol–water partition coefficient (Wildman–Crippen LogP) is 7.46. The van der Waals surface area contributed by atoms with E-state index < -0.39 is 79.3 Å². The summed E-state index contributed by atoms with van der Waals surface area (Å²) in [6, 6.07) is 11.0. The maximum atomic E-state index is 15.1. The number of pyridine rings is 1. The molecule has 5 aliphatic rings. The van der Waals surface area contributed by atoms with E-state index in [1.54, 1.807) is 19.1 Å². The minimum atomic E-state index is -4.00. The molecule has 3 saturated carbocycles. The lowest BCUT2D eigenvalue weighted by atomic mass is 9.77. The number of para-hydroxylation sites is 1. The number of aromatic hydroxyl groups is 2. The molecular formula is C55H74N4O12S. The van der Waals surface area contributed by atoms with Gasteiger partial charge in [-0.1, -0.05) is 57.9 Å². The van der Waals surface area contributed by atoms with Crippen LogP contribution in [0.25, 0.3) is 10.9 Å². The molecule has 17 heteroatoms. The van der Waals surface area contributed by atoms with Crippen molar-refractivity contribution in [2.75, 3.05) is 26.2 Å². The third kappa shape index (κ3) is 11.6. The Hall–Kier alpha value is -5.26. The van der Waals surface area contributed by atoms with Gasteiger partial charge in [-0.3, -0.25) is 28.8 Å². The monoisotopic (exact) mass is 1010 g/mol. The van der Waals surface area contributed by atoms with E-state index in [1.807, 2.05) is 58.9 Å². The second-order valence-electron chi connectivity index (χ2n) is 22.8. The van der Waals surface area contributed by atoms with Gasteiger partial charge in [0.25, 0.3) is 0 Å². The summed E-state index contributed by atoms with van der Waals surface area (Å²) in [5.74, 6) is -2.67. The molecule has 2 aromatic carbocycles. The highest BCUT2D eigenvalue weighted by Gasteiger charge is 2.62. The quantitative estimate of drug-likeness (QED) is 0.0474. The Kier molecular flexibility index (Phi) is 15.4. The number of allylic oxidation sites excluding steroid dienone is 1. The number of ketones is 1. The Balaban J connectivity index is 1.09. The number of aliphatic hydroxyl groups excluding tert-OH is 1. The number of nitrogens with one attached hydrogen (secondary N) is 1. The van der Waals surface area contributed by atoms with Gasteiger partial charge < -0.3 is 34.4 Å². The minimum absolute atomic E-state index is 0.0107. The van der Waals surface area contributed by atoms with Crippen molar-refractivity contribution in [3.8, 4) is 23.1 Å². The van der Waals surface area contributed by atoms with Crippen molar-refractivity contribution >= 4 is 44.5 Å². The van der Waals surface area contributed by atoms with E-state index in [0.29, 0.717) is 68.1 Å². The van der Waals surface area contributed by atoms with Crippen LogP contribution in [-0.4, -0.2) is 117 Å². The lowest BCUT2D eigenvalue weighted by Gasteiger charge is -2.34. The van der Waals surface area contributed by atoms with Crippen LogP contribution in [0.5, 0.6) is 23.1 Å². The number of sulfonamides is 1. The van der Waals surface area contributed by atoms with Crippen molar-refractivity contribution in [1.29, 1.82) is 0 Å². The number of hydrogen-bond donors (Lipinski definition) is 4. The summed E-state index contributed by atoms with van der Waals surface area (Å²) >= 11 is 0. The van der Waals surface area contributed by atoms with Crippen LogP contribution in [0, 0.1) is 28.6 Å². The fourth-order valence-corrected chi connectivity index (χ4v) is 12.0. The van der Waals surface area contributed by atoms with Gasteiger partial charge in [-0.2, -0.15) is 0 Å². The molecule has 16 nitrogen and oxygen atoms in total. The van der Waals surface area contributed by atoms with E-state index in [1.165, 1.54) is 17.0 Å². The van der Waals surface area contributed by atoms with Crippen LogP contribution in [-0.2, 0) is 40.4 Å². The Morgan fingerprint density at radius 1 is 1.06 bits per heavy atom. The molecule has 72 heavy (non-hydrogen) atoms. The highest BCUT2D eigenvalue weighted by molar-refractivity contribution is 7.91. The van der Waals surface area contributed by atoms with Crippen LogP contribution < -0.4 is 14.2 Å². The number of aliphatic hydroxyl groups is 1. The maximum absolute atomic E-state index is 15.1. The Morgan fingerprint density at radius 3 is 2.49 bits per heavy atom. The third-order valence-corrected chi connectivity index (χ3v) is 18.2.